The summed E-state index contributed by atoms with van der Waals surface area (Å²) in [5, 5.41) is 0. The average Bonchev–Trinajstić information content (AvgIpc) is 3.01. The van der Waals surface area contributed by atoms with Crippen molar-refractivity contribution >= 4 is 11.9 Å². The average molecular weight is 282 g/mol. The summed E-state index contributed by atoms with van der Waals surface area (Å²) < 4.78 is 18.9. The van der Waals surface area contributed by atoms with E-state index in [2.05, 4.69) is 41.1 Å². The van der Waals surface area contributed by atoms with E-state index >= 15 is 0 Å². The van der Waals surface area contributed by atoms with Gasteiger partial charge >= 0.3 is 0 Å². The van der Waals surface area contributed by atoms with E-state index in [1.807, 2.05) is 6.07 Å². The van der Waals surface area contributed by atoms with Gasteiger partial charge in [0.2, 0.25) is 18.2 Å². The Hall–Kier alpha value is -2.49. The molecule has 0 aromatic heterocycles. The number of methoxy groups -OCH3 is 1. The first kappa shape index (κ1) is 12.3. The van der Waals surface area contributed by atoms with Gasteiger partial charge in [-0.15, -0.1) is 0 Å². The van der Waals surface area contributed by atoms with E-state index in [9.17, 15) is 0 Å². The Labute approximate surface area is 123 Å². The number of ether oxygens (including phenoxy) is 3. The van der Waals surface area contributed by atoms with E-state index in [-0.39, 0.29) is 6.79 Å². The molecule has 2 aliphatic rings. The Morgan fingerprint density at radius 1 is 1.14 bits per heavy atom. The van der Waals surface area contributed by atoms with Gasteiger partial charge in [0.15, 0.2) is 24.3 Å². The maximum Gasteiger partial charge on any atom is 0.231 e. The largest absolute Gasteiger partial charge is 0.492 e. The van der Waals surface area contributed by atoms with E-state index in [4.69, 9.17) is 14.2 Å². The fourth-order valence-electron chi connectivity index (χ4n) is 2.91. The molecule has 2 aromatic carbocycles. The van der Waals surface area contributed by atoms with Gasteiger partial charge in [0.1, 0.15) is 0 Å². The number of fused-ring (bicyclic) bond motifs is 2. The second kappa shape index (κ2) is 4.81. The van der Waals surface area contributed by atoms with Crippen LogP contribution in [0.2, 0.25) is 0 Å². The van der Waals surface area contributed by atoms with Crippen LogP contribution in [0.3, 0.4) is 0 Å². The highest BCUT2D eigenvalue weighted by molar-refractivity contribution is 5.87. The Morgan fingerprint density at radius 3 is 2.81 bits per heavy atom. The third-order valence-electron chi connectivity index (χ3n) is 3.94. The standard InChI is InChI=1S/C17H16NO3/c1-19-16-14-10-18(13-5-3-2-4-6-13)8-7-12(14)9-15-17(16)21-11-20-15/h2-6,9-10H,7-8,11H2,1H3/q+1. The molecule has 0 fully saturated rings. The zero-order valence-corrected chi connectivity index (χ0v) is 11.8. The summed E-state index contributed by atoms with van der Waals surface area (Å²) >= 11 is 0. The predicted octanol–water partition coefficient (Wildman–Crippen LogP) is 2.74. The normalized spacial score (nSPS) is 15.4. The Kier molecular flexibility index (Phi) is 2.81. The molecule has 0 amide bonds. The number of benzene rings is 2. The first-order valence-electron chi connectivity index (χ1n) is 7.03. The molecule has 2 heterocycles. The van der Waals surface area contributed by atoms with Crippen molar-refractivity contribution in [3.8, 4) is 17.2 Å². The Balaban J connectivity index is 1.87. The molecule has 0 unspecified atom stereocenters. The lowest BCUT2D eigenvalue weighted by Gasteiger charge is -2.16. The van der Waals surface area contributed by atoms with Crippen molar-refractivity contribution in [1.29, 1.82) is 0 Å². The van der Waals surface area contributed by atoms with Crippen molar-refractivity contribution < 1.29 is 18.8 Å². The Morgan fingerprint density at radius 2 is 2.00 bits per heavy atom. The highest BCUT2D eigenvalue weighted by Gasteiger charge is 2.29. The van der Waals surface area contributed by atoms with Gasteiger partial charge in [0.05, 0.1) is 12.7 Å². The molecule has 2 aliphatic heterocycles. The molecule has 4 heteroatoms. The summed E-state index contributed by atoms with van der Waals surface area (Å²) in [4.78, 5) is 0. The number of rotatable bonds is 2. The minimum absolute atomic E-state index is 0.261. The summed E-state index contributed by atoms with van der Waals surface area (Å²) in [5.74, 6) is 2.26. The fourth-order valence-corrected chi connectivity index (χ4v) is 2.91. The second-order valence-corrected chi connectivity index (χ2v) is 5.12. The van der Waals surface area contributed by atoms with E-state index in [0.29, 0.717) is 5.75 Å². The van der Waals surface area contributed by atoms with Crippen LogP contribution >= 0.6 is 0 Å². The minimum atomic E-state index is 0.261. The van der Waals surface area contributed by atoms with Gasteiger partial charge in [-0.1, -0.05) is 18.2 Å². The van der Waals surface area contributed by atoms with Gasteiger partial charge in [-0.3, -0.25) is 0 Å². The van der Waals surface area contributed by atoms with E-state index in [0.717, 1.165) is 30.0 Å². The summed E-state index contributed by atoms with van der Waals surface area (Å²) in [6.45, 7) is 1.21. The molecule has 21 heavy (non-hydrogen) atoms. The van der Waals surface area contributed by atoms with Crippen molar-refractivity contribution in [3.05, 3.63) is 47.5 Å². The molecule has 0 radical (unpaired) electrons. The predicted molar refractivity (Wildman–Crippen MR) is 79.2 cm³/mol. The van der Waals surface area contributed by atoms with E-state index in [1.165, 1.54) is 11.3 Å². The zero-order valence-electron chi connectivity index (χ0n) is 11.8. The molecule has 106 valence electrons. The molecular weight excluding hydrogens is 266 g/mol. The summed E-state index contributed by atoms with van der Waals surface area (Å²) in [5.41, 5.74) is 3.50. The van der Waals surface area contributed by atoms with E-state index < -0.39 is 0 Å². The molecule has 0 aliphatic carbocycles. The molecule has 0 saturated carbocycles. The van der Waals surface area contributed by atoms with E-state index in [1.54, 1.807) is 7.11 Å². The lowest BCUT2D eigenvalue weighted by molar-refractivity contribution is -0.436. The highest BCUT2D eigenvalue weighted by Crippen LogP contribution is 2.45. The van der Waals surface area contributed by atoms with Crippen molar-refractivity contribution in [1.82, 2.24) is 0 Å². The monoisotopic (exact) mass is 282 g/mol. The molecule has 4 rings (SSSR count). The van der Waals surface area contributed by atoms with Crippen LogP contribution in [0.25, 0.3) is 0 Å². The second-order valence-electron chi connectivity index (χ2n) is 5.12. The van der Waals surface area contributed by atoms with Crippen LogP contribution in [0.1, 0.15) is 11.1 Å². The van der Waals surface area contributed by atoms with Gasteiger partial charge in [0.25, 0.3) is 0 Å². The van der Waals surface area contributed by atoms with Gasteiger partial charge < -0.3 is 14.2 Å². The van der Waals surface area contributed by atoms with Crippen LogP contribution < -0.4 is 14.2 Å². The van der Waals surface area contributed by atoms with Crippen LogP contribution in [0.5, 0.6) is 17.2 Å². The molecular formula is C17H16NO3+. The van der Waals surface area contributed by atoms with Crippen LogP contribution in [0.4, 0.5) is 5.69 Å². The summed E-state index contributed by atoms with van der Waals surface area (Å²) in [7, 11) is 1.67. The summed E-state index contributed by atoms with van der Waals surface area (Å²) in [6, 6.07) is 12.4. The number of para-hydroxylation sites is 1. The van der Waals surface area contributed by atoms with Crippen molar-refractivity contribution in [2.75, 3.05) is 20.4 Å². The van der Waals surface area contributed by atoms with Gasteiger partial charge in [-0.05, 0) is 11.6 Å². The highest BCUT2D eigenvalue weighted by atomic mass is 16.7. The zero-order chi connectivity index (χ0) is 14.2. The van der Waals surface area contributed by atoms with Crippen LogP contribution in [-0.2, 0) is 6.42 Å². The number of hydrogen-bond acceptors (Lipinski definition) is 3. The smallest absolute Gasteiger partial charge is 0.231 e. The topological polar surface area (TPSA) is 30.7 Å². The lowest BCUT2D eigenvalue weighted by atomic mass is 9.99. The molecule has 0 bridgehead atoms. The first-order valence-corrected chi connectivity index (χ1v) is 7.03. The summed E-state index contributed by atoms with van der Waals surface area (Å²) in [6.07, 6.45) is 3.09. The molecule has 0 N–H and O–H groups in total. The van der Waals surface area contributed by atoms with Gasteiger partial charge in [-0.25, -0.2) is 0 Å². The van der Waals surface area contributed by atoms with Crippen molar-refractivity contribution in [2.45, 2.75) is 6.42 Å². The number of nitrogens with zero attached hydrogens (tertiary/aromatic N) is 1. The van der Waals surface area contributed by atoms with Crippen LogP contribution in [0, 0.1) is 0 Å². The SMILES string of the molecule is COc1c2c(cc3c1OCO3)CC[N+](c1ccccc1)=C2. The maximum absolute atomic E-state index is 5.58. The first-order chi connectivity index (χ1) is 10.4. The molecule has 2 aromatic rings. The molecule has 0 atom stereocenters. The fraction of sp³-hybridized carbons (Fsp3) is 0.235. The minimum Gasteiger partial charge on any atom is -0.492 e. The Bertz CT molecular complexity index is 723. The third kappa shape index (κ3) is 1.95. The molecule has 0 spiro atoms. The molecule has 0 saturated heterocycles. The third-order valence-corrected chi connectivity index (χ3v) is 3.94. The van der Waals surface area contributed by atoms with Crippen molar-refractivity contribution in [2.24, 2.45) is 0 Å². The van der Waals surface area contributed by atoms with Crippen LogP contribution in [0.15, 0.2) is 36.4 Å². The molecule has 4 nitrogen and oxygen atoms in total. The van der Waals surface area contributed by atoms with Crippen molar-refractivity contribution in [3.63, 3.8) is 0 Å². The van der Waals surface area contributed by atoms with Gasteiger partial charge in [-0.2, -0.15) is 4.58 Å². The lowest BCUT2D eigenvalue weighted by Crippen LogP contribution is -2.19. The quantitative estimate of drug-likeness (QED) is 0.794. The van der Waals surface area contributed by atoms with Gasteiger partial charge in [0, 0.05) is 18.6 Å². The van der Waals surface area contributed by atoms with Crippen LogP contribution in [-0.4, -0.2) is 31.2 Å². The number of hydrogen-bond donors (Lipinski definition) is 0. The maximum atomic E-state index is 5.58.